The fourth-order valence-corrected chi connectivity index (χ4v) is 4.23. The Labute approximate surface area is 189 Å². The van der Waals surface area contributed by atoms with Crippen molar-refractivity contribution in [2.45, 2.75) is 32.4 Å². The molecule has 1 saturated heterocycles. The van der Waals surface area contributed by atoms with Gasteiger partial charge in [-0.1, -0.05) is 17.1 Å². The van der Waals surface area contributed by atoms with Crippen molar-refractivity contribution in [3.05, 3.63) is 76.0 Å². The van der Waals surface area contributed by atoms with Gasteiger partial charge in [0.05, 0.1) is 12.6 Å². The van der Waals surface area contributed by atoms with Crippen molar-refractivity contribution in [2.75, 3.05) is 18.9 Å². The molecular weight excluding hydrogens is 420 g/mol. The zero-order chi connectivity index (χ0) is 22.9. The van der Waals surface area contributed by atoms with Crippen LogP contribution in [-0.2, 0) is 11.3 Å². The van der Waals surface area contributed by atoms with E-state index < -0.39 is 0 Å². The Balaban J connectivity index is 1.68. The number of pyridine rings is 3. The smallest absolute Gasteiger partial charge is 0.278 e. The lowest BCUT2D eigenvalue weighted by Gasteiger charge is -2.14. The maximum atomic E-state index is 13.4. The molecule has 0 bridgehead atoms. The molecule has 33 heavy (non-hydrogen) atoms. The molecule has 9 heteroatoms. The number of nitrogen functional groups attached to an aromatic ring is 1. The van der Waals surface area contributed by atoms with Crippen LogP contribution in [0.25, 0.3) is 16.7 Å². The SMILES string of the molecule is Cc1cccn2c(=O)c3cc(C(=O)NC[C@H]4CCCO4)c(N)[n+](Cc4cccnc4)c3nc12. The van der Waals surface area contributed by atoms with E-state index in [0.29, 0.717) is 36.4 Å². The molecule has 3 N–H and O–H groups in total. The molecule has 5 rings (SSSR count). The van der Waals surface area contributed by atoms with Gasteiger partial charge in [-0.2, -0.15) is 0 Å². The Morgan fingerprint density at radius 1 is 1.36 bits per heavy atom. The lowest BCUT2D eigenvalue weighted by atomic mass is 10.1. The first-order valence-electron chi connectivity index (χ1n) is 11.0. The lowest BCUT2D eigenvalue weighted by molar-refractivity contribution is -0.649. The minimum absolute atomic E-state index is 0.00245. The number of fused-ring (bicyclic) bond motifs is 2. The number of aryl methyl sites for hydroxylation is 1. The van der Waals surface area contributed by atoms with Crippen LogP contribution in [0, 0.1) is 6.92 Å². The second-order valence-corrected chi connectivity index (χ2v) is 8.27. The van der Waals surface area contributed by atoms with E-state index >= 15 is 0 Å². The fourth-order valence-electron chi connectivity index (χ4n) is 4.23. The molecule has 0 saturated carbocycles. The van der Waals surface area contributed by atoms with E-state index in [1.54, 1.807) is 35.3 Å². The summed E-state index contributed by atoms with van der Waals surface area (Å²) in [4.78, 5) is 35.4. The number of hydrogen-bond acceptors (Lipinski definition) is 6. The van der Waals surface area contributed by atoms with Gasteiger partial charge in [0.2, 0.25) is 11.5 Å². The molecule has 4 aromatic rings. The van der Waals surface area contributed by atoms with Crippen molar-refractivity contribution in [1.82, 2.24) is 19.7 Å². The molecule has 0 spiro atoms. The minimum atomic E-state index is -0.349. The average molecular weight is 446 g/mol. The molecule has 0 aromatic carbocycles. The number of rotatable bonds is 5. The summed E-state index contributed by atoms with van der Waals surface area (Å²) < 4.78 is 8.81. The molecule has 5 heterocycles. The van der Waals surface area contributed by atoms with E-state index in [4.69, 9.17) is 15.5 Å². The minimum Gasteiger partial charge on any atom is -0.376 e. The Morgan fingerprint density at radius 3 is 3.00 bits per heavy atom. The maximum Gasteiger partial charge on any atom is 0.278 e. The Hall–Kier alpha value is -3.85. The van der Waals surface area contributed by atoms with Gasteiger partial charge in [0.15, 0.2) is 0 Å². The largest absolute Gasteiger partial charge is 0.376 e. The van der Waals surface area contributed by atoms with E-state index in [9.17, 15) is 9.59 Å². The van der Waals surface area contributed by atoms with E-state index in [1.165, 1.54) is 4.40 Å². The maximum absolute atomic E-state index is 13.4. The highest BCUT2D eigenvalue weighted by molar-refractivity contribution is 6.00. The number of amides is 1. The van der Waals surface area contributed by atoms with Crippen LogP contribution in [0.5, 0.6) is 0 Å². The first-order chi connectivity index (χ1) is 16.0. The normalized spacial score (nSPS) is 15.8. The van der Waals surface area contributed by atoms with E-state index in [2.05, 4.69) is 10.3 Å². The quantitative estimate of drug-likeness (QED) is 0.354. The first kappa shape index (κ1) is 21.0. The van der Waals surface area contributed by atoms with Gasteiger partial charge in [-0.15, -0.1) is 0 Å². The zero-order valence-corrected chi connectivity index (χ0v) is 18.3. The third-order valence-corrected chi connectivity index (χ3v) is 6.00. The van der Waals surface area contributed by atoms with Crippen molar-refractivity contribution in [2.24, 2.45) is 0 Å². The summed E-state index contributed by atoms with van der Waals surface area (Å²) in [6, 6.07) is 8.98. The number of carbonyl (C=O) groups excluding carboxylic acids is 1. The number of nitrogens with zero attached hydrogens (tertiary/aromatic N) is 4. The second kappa shape index (κ2) is 8.59. The number of anilines is 1. The number of nitrogens with one attached hydrogen (secondary N) is 1. The van der Waals surface area contributed by atoms with Crippen LogP contribution in [0.3, 0.4) is 0 Å². The van der Waals surface area contributed by atoms with Gasteiger partial charge in [-0.3, -0.25) is 19.0 Å². The first-order valence-corrected chi connectivity index (χ1v) is 11.0. The summed E-state index contributed by atoms with van der Waals surface area (Å²) in [5, 5.41) is 3.22. The molecule has 0 aliphatic carbocycles. The highest BCUT2D eigenvalue weighted by atomic mass is 16.5. The Morgan fingerprint density at radius 2 is 2.24 bits per heavy atom. The molecule has 1 atom stereocenters. The van der Waals surface area contributed by atoms with Crippen molar-refractivity contribution >= 4 is 28.4 Å². The predicted octanol–water partition coefficient (Wildman–Crippen LogP) is 1.38. The van der Waals surface area contributed by atoms with Gasteiger partial charge in [0, 0.05) is 42.9 Å². The molecule has 4 aromatic heterocycles. The van der Waals surface area contributed by atoms with Gasteiger partial charge >= 0.3 is 0 Å². The molecule has 1 aliphatic heterocycles. The van der Waals surface area contributed by atoms with Gasteiger partial charge in [0.1, 0.15) is 10.9 Å². The van der Waals surface area contributed by atoms with Gasteiger partial charge < -0.3 is 15.8 Å². The molecule has 9 nitrogen and oxygen atoms in total. The van der Waals surface area contributed by atoms with Crippen molar-refractivity contribution in [1.29, 1.82) is 0 Å². The molecular formula is C24H25N6O3+. The van der Waals surface area contributed by atoms with Crippen LogP contribution in [0.4, 0.5) is 5.82 Å². The fraction of sp³-hybridized carbons (Fsp3) is 0.292. The van der Waals surface area contributed by atoms with E-state index in [1.807, 2.05) is 25.1 Å². The van der Waals surface area contributed by atoms with Crippen molar-refractivity contribution in [3.63, 3.8) is 0 Å². The summed E-state index contributed by atoms with van der Waals surface area (Å²) >= 11 is 0. The summed E-state index contributed by atoms with van der Waals surface area (Å²) in [6.45, 7) is 3.32. The molecule has 0 radical (unpaired) electrons. The van der Waals surface area contributed by atoms with Crippen LogP contribution >= 0.6 is 0 Å². The number of aromatic nitrogens is 4. The molecule has 1 amide bonds. The second-order valence-electron chi connectivity index (χ2n) is 8.27. The topological polar surface area (TPSA) is 115 Å². The van der Waals surface area contributed by atoms with E-state index in [-0.39, 0.29) is 29.0 Å². The lowest BCUT2D eigenvalue weighted by Crippen LogP contribution is -2.43. The average Bonchev–Trinajstić information content (AvgIpc) is 3.35. The molecule has 1 fully saturated rings. The molecule has 1 aliphatic rings. The summed E-state index contributed by atoms with van der Waals surface area (Å²) in [6.07, 6.45) is 6.98. The van der Waals surface area contributed by atoms with Crippen LogP contribution < -0.4 is 21.2 Å². The van der Waals surface area contributed by atoms with Crippen molar-refractivity contribution in [3.8, 4) is 0 Å². The standard InChI is InChI=1S/C24H24N6O3/c1-15-5-3-9-29-21(15)28-22-19(24(29)32)11-18(23(31)27-13-17-7-4-10-33-17)20(25)30(22)14-16-6-2-8-26-12-16/h2-3,5-6,8-9,11-12,17,25H,4,7,10,13-14H2,1H3,(H,27,31)/p+1/t17-/m1/s1. The summed E-state index contributed by atoms with van der Waals surface area (Å²) in [7, 11) is 0. The molecule has 168 valence electrons. The third-order valence-electron chi connectivity index (χ3n) is 6.00. The highest BCUT2D eigenvalue weighted by Crippen LogP contribution is 2.17. The zero-order valence-electron chi connectivity index (χ0n) is 18.3. The Kier molecular flexibility index (Phi) is 5.47. The van der Waals surface area contributed by atoms with Gasteiger partial charge in [0.25, 0.3) is 17.1 Å². The molecule has 0 unspecified atom stereocenters. The van der Waals surface area contributed by atoms with Crippen LogP contribution in [0.1, 0.15) is 34.3 Å². The number of nitrogens with two attached hydrogens (primary N) is 1. The number of ether oxygens (including phenoxy) is 1. The predicted molar refractivity (Wildman–Crippen MR) is 123 cm³/mol. The number of hydrogen-bond donors (Lipinski definition) is 2. The van der Waals surface area contributed by atoms with Crippen LogP contribution in [0.15, 0.2) is 53.7 Å². The summed E-state index contributed by atoms with van der Waals surface area (Å²) in [5.74, 6) is -0.111. The highest BCUT2D eigenvalue weighted by Gasteiger charge is 2.26. The van der Waals surface area contributed by atoms with E-state index in [0.717, 1.165) is 24.0 Å². The summed E-state index contributed by atoms with van der Waals surface area (Å²) in [5.41, 5.74) is 9.20. The number of carbonyl (C=O) groups is 1. The Bertz CT molecular complexity index is 1410. The van der Waals surface area contributed by atoms with Gasteiger partial charge in [-0.25, -0.2) is 4.57 Å². The van der Waals surface area contributed by atoms with Crippen LogP contribution in [-0.4, -0.2) is 39.5 Å². The van der Waals surface area contributed by atoms with Crippen molar-refractivity contribution < 1.29 is 14.1 Å². The van der Waals surface area contributed by atoms with Gasteiger partial charge in [-0.05, 0) is 38.0 Å². The monoisotopic (exact) mass is 445 g/mol. The third kappa shape index (κ3) is 3.91. The van der Waals surface area contributed by atoms with Crippen LogP contribution in [0.2, 0.25) is 0 Å².